The summed E-state index contributed by atoms with van der Waals surface area (Å²) in [5.41, 5.74) is 1.20. The largest absolute Gasteiger partial charge is 0.494 e. The average Bonchev–Trinajstić information content (AvgIpc) is 2.87. The van der Waals surface area contributed by atoms with Crippen molar-refractivity contribution in [3.8, 4) is 5.75 Å². The zero-order valence-corrected chi connectivity index (χ0v) is 12.2. The summed E-state index contributed by atoms with van der Waals surface area (Å²) >= 11 is 6.03. The van der Waals surface area contributed by atoms with Gasteiger partial charge in [0.25, 0.3) is 0 Å². The van der Waals surface area contributed by atoms with Gasteiger partial charge in [-0.05, 0) is 36.7 Å². The van der Waals surface area contributed by atoms with E-state index in [0.29, 0.717) is 11.1 Å². The van der Waals surface area contributed by atoms with E-state index in [4.69, 9.17) is 20.8 Å². The number of methoxy groups -OCH3 is 1. The summed E-state index contributed by atoms with van der Waals surface area (Å²) in [6.45, 7) is 2.78. The first kappa shape index (κ1) is 14.9. The van der Waals surface area contributed by atoms with Crippen LogP contribution in [0.3, 0.4) is 0 Å². The topological polar surface area (TPSA) is 34.4 Å². The molecule has 1 N–H and O–H groups in total. The van der Waals surface area contributed by atoms with Crippen LogP contribution in [0.5, 0.6) is 5.75 Å². The van der Waals surface area contributed by atoms with Crippen molar-refractivity contribution in [1.82, 2.24) is 5.32 Å². The molecule has 0 radical (unpaired) electrons. The summed E-state index contributed by atoms with van der Waals surface area (Å²) in [7, 11) is 1.45. The number of rotatable bonds is 6. The minimum Gasteiger partial charge on any atom is -0.494 e. The molecule has 3 nitrogen and oxygen atoms in total. The van der Waals surface area contributed by atoms with E-state index in [1.165, 1.54) is 13.4 Å². The molecule has 0 saturated heterocycles. The van der Waals surface area contributed by atoms with Crippen LogP contribution in [-0.2, 0) is 0 Å². The smallest absolute Gasteiger partial charge is 0.198 e. The van der Waals surface area contributed by atoms with E-state index in [9.17, 15) is 4.39 Å². The maximum absolute atomic E-state index is 14.4. The predicted molar refractivity (Wildman–Crippen MR) is 76.8 cm³/mol. The van der Waals surface area contributed by atoms with Crippen molar-refractivity contribution in [1.29, 1.82) is 0 Å². The molecule has 0 bridgehead atoms. The molecule has 1 unspecified atom stereocenters. The quantitative estimate of drug-likeness (QED) is 0.869. The molecule has 2 rings (SSSR count). The van der Waals surface area contributed by atoms with Gasteiger partial charge in [-0.25, -0.2) is 4.39 Å². The van der Waals surface area contributed by atoms with Crippen molar-refractivity contribution in [2.75, 3.05) is 13.7 Å². The number of ether oxygens (including phenoxy) is 1. The third-order valence-corrected chi connectivity index (χ3v) is 3.39. The first-order chi connectivity index (χ1) is 9.69. The molecule has 0 aliphatic heterocycles. The lowest BCUT2D eigenvalue weighted by Gasteiger charge is -2.19. The third kappa shape index (κ3) is 2.97. The number of nitrogens with one attached hydrogen (secondary N) is 1. The summed E-state index contributed by atoms with van der Waals surface area (Å²) in [6.07, 6.45) is 2.42. The van der Waals surface area contributed by atoms with Crippen LogP contribution in [0.1, 0.15) is 30.5 Å². The van der Waals surface area contributed by atoms with Crippen molar-refractivity contribution >= 4 is 11.6 Å². The van der Waals surface area contributed by atoms with E-state index < -0.39 is 0 Å². The molecule has 108 valence electrons. The maximum Gasteiger partial charge on any atom is 0.198 e. The van der Waals surface area contributed by atoms with Gasteiger partial charge in [-0.2, -0.15) is 0 Å². The fraction of sp³-hybridized carbons (Fsp3) is 0.333. The Labute approximate surface area is 122 Å². The van der Waals surface area contributed by atoms with Crippen LogP contribution in [0.2, 0.25) is 5.22 Å². The number of halogens is 2. The van der Waals surface area contributed by atoms with Gasteiger partial charge in [-0.15, -0.1) is 0 Å². The van der Waals surface area contributed by atoms with Crippen molar-refractivity contribution in [3.05, 3.63) is 52.7 Å². The molecule has 0 amide bonds. The predicted octanol–water partition coefficient (Wildman–Crippen LogP) is 4.17. The van der Waals surface area contributed by atoms with Gasteiger partial charge in [0.1, 0.15) is 0 Å². The van der Waals surface area contributed by atoms with Gasteiger partial charge in [-0.3, -0.25) is 0 Å². The molecule has 0 saturated carbocycles. The Bertz CT molecular complexity index is 571. The van der Waals surface area contributed by atoms with E-state index in [0.717, 1.165) is 13.0 Å². The van der Waals surface area contributed by atoms with E-state index in [1.807, 2.05) is 6.92 Å². The normalized spacial score (nSPS) is 12.4. The van der Waals surface area contributed by atoms with Gasteiger partial charge >= 0.3 is 0 Å². The lowest BCUT2D eigenvalue weighted by atomic mass is 10.00. The lowest BCUT2D eigenvalue weighted by Crippen LogP contribution is -2.24. The van der Waals surface area contributed by atoms with Crippen molar-refractivity contribution < 1.29 is 13.5 Å². The fourth-order valence-electron chi connectivity index (χ4n) is 2.09. The summed E-state index contributed by atoms with van der Waals surface area (Å²) in [5, 5.41) is 3.55. The molecule has 1 aromatic heterocycles. The molecule has 1 aromatic carbocycles. The number of hydrogen-bond acceptors (Lipinski definition) is 3. The second-order valence-corrected chi connectivity index (χ2v) is 4.74. The monoisotopic (exact) mass is 297 g/mol. The first-order valence-corrected chi connectivity index (χ1v) is 6.85. The summed E-state index contributed by atoms with van der Waals surface area (Å²) in [4.78, 5) is 0. The second kappa shape index (κ2) is 6.77. The standard InChI is InChI=1S/C15H17ClFNO2/c1-3-8-18-14(11-7-9-20-15(11)16)10-5-4-6-12(19-2)13(10)17/h4-7,9,14,18H,3,8H2,1-2H3. The van der Waals surface area contributed by atoms with Crippen LogP contribution in [0.15, 0.2) is 34.9 Å². The Kier molecular flexibility index (Phi) is 5.04. The zero-order chi connectivity index (χ0) is 14.5. The Balaban J connectivity index is 2.44. The molecular formula is C15H17ClFNO2. The van der Waals surface area contributed by atoms with E-state index >= 15 is 0 Å². The summed E-state index contributed by atoms with van der Waals surface area (Å²) in [6, 6.07) is 6.44. The van der Waals surface area contributed by atoms with Crippen LogP contribution in [0, 0.1) is 5.82 Å². The highest BCUT2D eigenvalue weighted by Crippen LogP contribution is 2.33. The zero-order valence-electron chi connectivity index (χ0n) is 11.5. The third-order valence-electron chi connectivity index (χ3n) is 3.08. The molecule has 0 aliphatic carbocycles. The van der Waals surface area contributed by atoms with Crippen LogP contribution in [-0.4, -0.2) is 13.7 Å². The van der Waals surface area contributed by atoms with E-state index in [-0.39, 0.29) is 22.8 Å². The van der Waals surface area contributed by atoms with Crippen molar-refractivity contribution in [2.24, 2.45) is 0 Å². The number of furan rings is 1. The second-order valence-electron chi connectivity index (χ2n) is 4.40. The summed E-state index contributed by atoms with van der Waals surface area (Å²) in [5.74, 6) is -0.175. The Hall–Kier alpha value is -1.52. The molecule has 1 heterocycles. The molecule has 0 fully saturated rings. The van der Waals surface area contributed by atoms with E-state index in [1.54, 1.807) is 24.3 Å². The van der Waals surface area contributed by atoms with Crippen molar-refractivity contribution in [3.63, 3.8) is 0 Å². The molecular weight excluding hydrogens is 281 g/mol. The first-order valence-electron chi connectivity index (χ1n) is 6.47. The molecule has 0 aliphatic rings. The minimum absolute atomic E-state index is 0.213. The Morgan fingerprint density at radius 2 is 2.15 bits per heavy atom. The van der Waals surface area contributed by atoms with E-state index in [2.05, 4.69) is 5.32 Å². The molecule has 1 atom stereocenters. The van der Waals surface area contributed by atoms with Gasteiger partial charge in [0.2, 0.25) is 0 Å². The highest BCUT2D eigenvalue weighted by atomic mass is 35.5. The number of benzene rings is 1. The van der Waals surface area contributed by atoms with Gasteiger partial charge in [0.05, 0.1) is 19.4 Å². The van der Waals surface area contributed by atoms with Crippen LogP contribution < -0.4 is 10.1 Å². The minimum atomic E-state index is -0.388. The van der Waals surface area contributed by atoms with Gasteiger partial charge in [0.15, 0.2) is 16.8 Å². The van der Waals surface area contributed by atoms with Crippen LogP contribution >= 0.6 is 11.6 Å². The van der Waals surface area contributed by atoms with Crippen LogP contribution in [0.25, 0.3) is 0 Å². The maximum atomic E-state index is 14.4. The molecule has 0 spiro atoms. The average molecular weight is 298 g/mol. The SMILES string of the molecule is CCCNC(c1ccoc1Cl)c1cccc(OC)c1F. The van der Waals surface area contributed by atoms with Gasteiger partial charge in [-0.1, -0.05) is 19.1 Å². The molecule has 20 heavy (non-hydrogen) atoms. The highest BCUT2D eigenvalue weighted by molar-refractivity contribution is 6.29. The van der Waals surface area contributed by atoms with Crippen molar-refractivity contribution in [2.45, 2.75) is 19.4 Å². The fourth-order valence-corrected chi connectivity index (χ4v) is 2.32. The number of hydrogen-bond donors (Lipinski definition) is 1. The van der Waals surface area contributed by atoms with Crippen LogP contribution in [0.4, 0.5) is 4.39 Å². The molecule has 5 heteroatoms. The highest BCUT2D eigenvalue weighted by Gasteiger charge is 2.23. The summed E-state index contributed by atoms with van der Waals surface area (Å²) < 4.78 is 24.6. The van der Waals surface area contributed by atoms with Gasteiger partial charge < -0.3 is 14.5 Å². The van der Waals surface area contributed by atoms with Gasteiger partial charge in [0, 0.05) is 11.1 Å². The Morgan fingerprint density at radius 1 is 1.35 bits per heavy atom. The lowest BCUT2D eigenvalue weighted by molar-refractivity contribution is 0.381. The Morgan fingerprint density at radius 3 is 2.75 bits per heavy atom. The molecule has 2 aromatic rings.